The second-order valence-corrected chi connectivity index (χ2v) is 7.66. The van der Waals surface area contributed by atoms with Gasteiger partial charge in [0.2, 0.25) is 0 Å². The number of benzene rings is 2. The van der Waals surface area contributed by atoms with Crippen molar-refractivity contribution in [2.24, 2.45) is 0 Å². The predicted molar refractivity (Wildman–Crippen MR) is 102 cm³/mol. The summed E-state index contributed by atoms with van der Waals surface area (Å²) >= 11 is 0. The van der Waals surface area contributed by atoms with Crippen molar-refractivity contribution in [1.82, 2.24) is 0 Å². The van der Waals surface area contributed by atoms with Crippen LogP contribution in [0.5, 0.6) is 0 Å². The molecule has 0 atom stereocenters. The van der Waals surface area contributed by atoms with Crippen molar-refractivity contribution >= 4 is 33.1 Å². The molecule has 2 rings (SSSR count). The van der Waals surface area contributed by atoms with Crippen molar-refractivity contribution in [1.29, 1.82) is 0 Å². The van der Waals surface area contributed by atoms with E-state index in [0.29, 0.717) is 4.31 Å². The summed E-state index contributed by atoms with van der Waals surface area (Å²) in [5.41, 5.74) is -0.467. The van der Waals surface area contributed by atoms with Gasteiger partial charge in [0.1, 0.15) is 6.54 Å². The Morgan fingerprint density at radius 2 is 1.69 bits per heavy atom. The minimum atomic E-state index is -4.42. The van der Waals surface area contributed by atoms with Crippen LogP contribution in [0.25, 0.3) is 0 Å². The van der Waals surface area contributed by atoms with Crippen molar-refractivity contribution in [3.05, 3.63) is 68.3 Å². The van der Waals surface area contributed by atoms with E-state index < -0.39 is 43.0 Å². The molecule has 0 unspecified atom stereocenters. The predicted octanol–water partition coefficient (Wildman–Crippen LogP) is 2.57. The number of hydrogen-bond donors (Lipinski definition) is 0. The lowest BCUT2D eigenvalue weighted by atomic mass is 10.2. The Morgan fingerprint density at radius 1 is 1.07 bits per heavy atom. The number of carbonyl (C=O) groups excluding carboxylic acids is 1. The summed E-state index contributed by atoms with van der Waals surface area (Å²) < 4.78 is 31.9. The quantitative estimate of drug-likeness (QED) is 0.357. The Hall–Kier alpha value is -3.54. The topological polar surface area (TPSA) is 150 Å². The van der Waals surface area contributed by atoms with Crippen LogP contribution in [0.2, 0.25) is 0 Å². The number of nitro benzene ring substituents is 2. The molecular formula is C17H17N3O8S. The molecule has 0 saturated heterocycles. The van der Waals surface area contributed by atoms with Gasteiger partial charge >= 0.3 is 5.97 Å². The highest BCUT2D eigenvalue weighted by atomic mass is 32.2. The first-order chi connectivity index (χ1) is 13.6. The highest BCUT2D eigenvalue weighted by Gasteiger charge is 2.30. The zero-order valence-corrected chi connectivity index (χ0v) is 16.3. The van der Waals surface area contributed by atoms with Gasteiger partial charge in [0.15, 0.2) is 0 Å². The molecule has 0 spiro atoms. The van der Waals surface area contributed by atoms with Gasteiger partial charge in [-0.05, 0) is 31.5 Å². The monoisotopic (exact) mass is 423 g/mol. The number of nitro groups is 2. The van der Waals surface area contributed by atoms with E-state index in [1.807, 2.05) is 0 Å². The van der Waals surface area contributed by atoms with Crippen molar-refractivity contribution < 1.29 is 27.8 Å². The maximum absolute atomic E-state index is 13.2. The molecule has 0 bridgehead atoms. The number of non-ortho nitro benzene ring substituents is 2. The summed E-state index contributed by atoms with van der Waals surface area (Å²) in [5.74, 6) is -0.848. The molecule has 12 heteroatoms. The Kier molecular flexibility index (Phi) is 6.49. The molecule has 29 heavy (non-hydrogen) atoms. The number of anilines is 1. The zero-order valence-electron chi connectivity index (χ0n) is 15.5. The Bertz CT molecular complexity index is 1070. The van der Waals surface area contributed by atoms with Gasteiger partial charge in [0.05, 0.1) is 27.0 Å². The van der Waals surface area contributed by atoms with Gasteiger partial charge in [-0.25, -0.2) is 8.42 Å². The second-order valence-electron chi connectivity index (χ2n) is 5.80. The first-order valence-corrected chi connectivity index (χ1v) is 9.69. The van der Waals surface area contributed by atoms with Gasteiger partial charge < -0.3 is 4.74 Å². The number of rotatable bonds is 8. The molecule has 0 aromatic heterocycles. The van der Waals surface area contributed by atoms with Gasteiger partial charge in [-0.3, -0.25) is 29.3 Å². The summed E-state index contributed by atoms with van der Waals surface area (Å²) in [6.07, 6.45) is 0. The van der Waals surface area contributed by atoms with Crippen molar-refractivity contribution in [2.75, 3.05) is 17.5 Å². The molecule has 0 heterocycles. The minimum absolute atomic E-state index is 0.00941. The summed E-state index contributed by atoms with van der Waals surface area (Å²) in [4.78, 5) is 32.2. The summed E-state index contributed by atoms with van der Waals surface area (Å²) in [5, 5.41) is 22.0. The minimum Gasteiger partial charge on any atom is -0.465 e. The molecule has 2 aromatic rings. The van der Waals surface area contributed by atoms with Crippen LogP contribution < -0.4 is 4.31 Å². The van der Waals surface area contributed by atoms with Crippen LogP contribution in [0, 0.1) is 27.2 Å². The number of ether oxygens (including phenoxy) is 1. The molecule has 0 aliphatic carbocycles. The van der Waals surface area contributed by atoms with Crippen LogP contribution in [-0.4, -0.2) is 37.4 Å². The number of sulfonamides is 1. The summed E-state index contributed by atoms with van der Waals surface area (Å²) in [7, 11) is -4.42. The smallest absolute Gasteiger partial charge is 0.326 e. The van der Waals surface area contributed by atoms with E-state index >= 15 is 0 Å². The van der Waals surface area contributed by atoms with E-state index in [9.17, 15) is 33.4 Å². The Labute approximate surface area is 165 Å². The van der Waals surface area contributed by atoms with Crippen molar-refractivity contribution in [2.45, 2.75) is 18.7 Å². The second kappa shape index (κ2) is 8.65. The lowest BCUT2D eigenvalue weighted by Crippen LogP contribution is -2.37. The van der Waals surface area contributed by atoms with E-state index in [1.54, 1.807) is 6.92 Å². The Balaban J connectivity index is 2.61. The third kappa shape index (κ3) is 4.85. The van der Waals surface area contributed by atoms with E-state index in [-0.39, 0.29) is 23.5 Å². The van der Waals surface area contributed by atoms with Crippen LogP contribution in [0.4, 0.5) is 17.1 Å². The van der Waals surface area contributed by atoms with Crippen LogP contribution in [-0.2, 0) is 19.6 Å². The number of esters is 1. The van der Waals surface area contributed by atoms with Crippen LogP contribution in [0.15, 0.2) is 47.4 Å². The first kappa shape index (κ1) is 21.8. The standard InChI is InChI=1S/C17H17N3O8S/c1-3-28-17(21)11-18(16-8-7-14(20(24)25)9-12(16)2)29(26,27)15-6-4-5-13(10-15)19(22)23/h4-10H,3,11H2,1-2H3. The van der Waals surface area contributed by atoms with Gasteiger partial charge in [-0.15, -0.1) is 0 Å². The third-order valence-corrected chi connectivity index (χ3v) is 5.61. The third-order valence-electron chi connectivity index (χ3n) is 3.85. The average molecular weight is 423 g/mol. The van der Waals surface area contributed by atoms with Crippen molar-refractivity contribution in [3.8, 4) is 0 Å². The number of carbonyl (C=O) groups is 1. The fourth-order valence-corrected chi connectivity index (χ4v) is 4.06. The fraction of sp³-hybridized carbons (Fsp3) is 0.235. The van der Waals surface area contributed by atoms with Crippen LogP contribution >= 0.6 is 0 Å². The molecule has 2 aromatic carbocycles. The molecule has 154 valence electrons. The normalized spacial score (nSPS) is 11.0. The fourth-order valence-electron chi connectivity index (χ4n) is 2.54. The maximum Gasteiger partial charge on any atom is 0.326 e. The molecule has 0 aliphatic rings. The van der Waals surface area contributed by atoms with E-state index in [1.165, 1.54) is 19.1 Å². The molecular weight excluding hydrogens is 406 g/mol. The van der Waals surface area contributed by atoms with E-state index in [0.717, 1.165) is 30.3 Å². The highest BCUT2D eigenvalue weighted by Crippen LogP contribution is 2.30. The number of hydrogen-bond acceptors (Lipinski definition) is 8. The molecule has 0 aliphatic heterocycles. The first-order valence-electron chi connectivity index (χ1n) is 8.25. The molecule has 0 N–H and O–H groups in total. The summed E-state index contributed by atoms with van der Waals surface area (Å²) in [6, 6.07) is 7.82. The number of aryl methyl sites for hydroxylation is 1. The highest BCUT2D eigenvalue weighted by molar-refractivity contribution is 7.92. The zero-order chi connectivity index (χ0) is 21.8. The van der Waals surface area contributed by atoms with Gasteiger partial charge in [0.25, 0.3) is 21.4 Å². The average Bonchev–Trinajstić information content (AvgIpc) is 2.66. The molecule has 0 amide bonds. The van der Waals surface area contributed by atoms with Crippen molar-refractivity contribution in [3.63, 3.8) is 0 Å². The lowest BCUT2D eigenvalue weighted by molar-refractivity contribution is -0.385. The molecule has 0 saturated carbocycles. The van der Waals surface area contributed by atoms with Gasteiger partial charge in [-0.2, -0.15) is 0 Å². The van der Waals surface area contributed by atoms with Crippen LogP contribution in [0.3, 0.4) is 0 Å². The molecule has 0 fully saturated rings. The van der Waals surface area contributed by atoms with Crippen LogP contribution in [0.1, 0.15) is 12.5 Å². The summed E-state index contributed by atoms with van der Waals surface area (Å²) in [6.45, 7) is 2.30. The van der Waals surface area contributed by atoms with Gasteiger partial charge in [-0.1, -0.05) is 6.07 Å². The lowest BCUT2D eigenvalue weighted by Gasteiger charge is -2.25. The van der Waals surface area contributed by atoms with E-state index in [4.69, 9.17) is 4.74 Å². The molecule has 0 radical (unpaired) electrons. The largest absolute Gasteiger partial charge is 0.465 e. The maximum atomic E-state index is 13.2. The Morgan fingerprint density at radius 3 is 2.24 bits per heavy atom. The molecule has 11 nitrogen and oxygen atoms in total. The SMILES string of the molecule is CCOC(=O)CN(c1ccc([N+](=O)[O-])cc1C)S(=O)(=O)c1cccc([N+](=O)[O-])c1. The van der Waals surface area contributed by atoms with Gasteiger partial charge in [0, 0.05) is 24.3 Å². The number of nitrogens with zero attached hydrogens (tertiary/aromatic N) is 3. The van der Waals surface area contributed by atoms with E-state index in [2.05, 4.69) is 0 Å².